The lowest BCUT2D eigenvalue weighted by molar-refractivity contribution is 0.388. The van der Waals surface area contributed by atoms with E-state index in [1.54, 1.807) is 0 Å². The van der Waals surface area contributed by atoms with Crippen molar-refractivity contribution in [2.45, 2.75) is 0 Å². The summed E-state index contributed by atoms with van der Waals surface area (Å²) in [4.78, 5) is 4.45. The Morgan fingerprint density at radius 3 is 2.32 bits per heavy atom. The van der Waals surface area contributed by atoms with Gasteiger partial charge in [0, 0.05) is 31.9 Å². The van der Waals surface area contributed by atoms with Crippen LogP contribution in [0.5, 0.6) is 0 Å². The van der Waals surface area contributed by atoms with Crippen molar-refractivity contribution < 1.29 is 0 Å². The maximum absolute atomic E-state index is 5.66. The van der Waals surface area contributed by atoms with Gasteiger partial charge in [-0.15, -0.1) is 0 Å². The lowest BCUT2D eigenvalue weighted by Gasteiger charge is -2.36. The first-order valence-corrected chi connectivity index (χ1v) is 6.93. The van der Waals surface area contributed by atoms with Gasteiger partial charge in [0.1, 0.15) is 0 Å². The molecule has 0 radical (unpaired) electrons. The van der Waals surface area contributed by atoms with E-state index >= 15 is 0 Å². The first kappa shape index (κ1) is 12.2. The van der Waals surface area contributed by atoms with Crippen molar-refractivity contribution in [3.05, 3.63) is 42.5 Å². The van der Waals surface area contributed by atoms with Crippen molar-refractivity contribution in [2.24, 2.45) is 5.73 Å². The predicted molar refractivity (Wildman–Crippen MR) is 84.5 cm³/mol. The van der Waals surface area contributed by atoms with E-state index in [4.69, 9.17) is 18.0 Å². The molecule has 3 rings (SSSR count). The van der Waals surface area contributed by atoms with Crippen LogP contribution in [0.25, 0.3) is 10.8 Å². The molecule has 0 bridgehead atoms. The summed E-state index contributed by atoms with van der Waals surface area (Å²) in [5.41, 5.74) is 6.94. The topological polar surface area (TPSA) is 32.5 Å². The number of nitrogens with two attached hydrogens (primary N) is 1. The zero-order valence-corrected chi connectivity index (χ0v) is 11.6. The maximum atomic E-state index is 5.66. The van der Waals surface area contributed by atoms with Gasteiger partial charge in [0.05, 0.1) is 0 Å². The van der Waals surface area contributed by atoms with Gasteiger partial charge in [-0.05, 0) is 35.1 Å². The van der Waals surface area contributed by atoms with E-state index in [2.05, 4.69) is 52.3 Å². The highest BCUT2D eigenvalue weighted by Gasteiger charge is 2.17. The molecule has 1 heterocycles. The third-order valence-electron chi connectivity index (χ3n) is 3.69. The van der Waals surface area contributed by atoms with Gasteiger partial charge in [-0.1, -0.05) is 30.3 Å². The van der Waals surface area contributed by atoms with E-state index in [1.165, 1.54) is 16.5 Å². The van der Waals surface area contributed by atoms with Gasteiger partial charge in [0.25, 0.3) is 0 Å². The summed E-state index contributed by atoms with van der Waals surface area (Å²) in [6.45, 7) is 3.75. The van der Waals surface area contributed by atoms with Gasteiger partial charge < -0.3 is 15.5 Å². The van der Waals surface area contributed by atoms with Gasteiger partial charge in [-0.2, -0.15) is 0 Å². The molecular formula is C15H17N3S. The van der Waals surface area contributed by atoms with Crippen molar-refractivity contribution in [2.75, 3.05) is 31.1 Å². The number of piperazine rings is 1. The normalized spacial score (nSPS) is 15.8. The van der Waals surface area contributed by atoms with Crippen molar-refractivity contribution in [1.29, 1.82) is 0 Å². The highest BCUT2D eigenvalue weighted by Crippen LogP contribution is 2.23. The van der Waals surface area contributed by atoms with E-state index in [0.29, 0.717) is 5.11 Å². The van der Waals surface area contributed by atoms with E-state index in [9.17, 15) is 0 Å². The number of nitrogens with zero attached hydrogens (tertiary/aromatic N) is 2. The Labute approximate surface area is 118 Å². The van der Waals surface area contributed by atoms with E-state index < -0.39 is 0 Å². The zero-order valence-electron chi connectivity index (χ0n) is 10.7. The average Bonchev–Trinajstić information content (AvgIpc) is 2.47. The molecule has 0 amide bonds. The fourth-order valence-corrected chi connectivity index (χ4v) is 2.74. The zero-order chi connectivity index (χ0) is 13.2. The summed E-state index contributed by atoms with van der Waals surface area (Å²) in [7, 11) is 0. The highest BCUT2D eigenvalue weighted by molar-refractivity contribution is 7.80. The summed E-state index contributed by atoms with van der Waals surface area (Å²) >= 11 is 5.02. The second kappa shape index (κ2) is 5.05. The van der Waals surface area contributed by atoms with E-state index in [1.807, 2.05) is 0 Å². The molecule has 0 saturated carbocycles. The average molecular weight is 271 g/mol. The van der Waals surface area contributed by atoms with E-state index in [0.717, 1.165) is 26.2 Å². The molecule has 0 spiro atoms. The molecule has 0 atom stereocenters. The van der Waals surface area contributed by atoms with Crippen LogP contribution >= 0.6 is 12.2 Å². The van der Waals surface area contributed by atoms with Crippen LogP contribution in [0.15, 0.2) is 42.5 Å². The van der Waals surface area contributed by atoms with Crippen LogP contribution in [-0.2, 0) is 0 Å². The molecule has 4 heteroatoms. The number of rotatable bonds is 1. The summed E-state index contributed by atoms with van der Waals surface area (Å²) in [6.07, 6.45) is 0. The van der Waals surface area contributed by atoms with Gasteiger partial charge in [-0.25, -0.2) is 0 Å². The minimum Gasteiger partial charge on any atom is -0.376 e. The number of anilines is 1. The molecule has 1 fully saturated rings. The summed E-state index contributed by atoms with van der Waals surface area (Å²) < 4.78 is 0. The molecule has 2 N–H and O–H groups in total. The van der Waals surface area contributed by atoms with Crippen molar-refractivity contribution in [3.63, 3.8) is 0 Å². The number of hydrogen-bond acceptors (Lipinski definition) is 2. The first-order valence-electron chi connectivity index (χ1n) is 6.52. The molecule has 2 aromatic rings. The molecule has 1 saturated heterocycles. The summed E-state index contributed by atoms with van der Waals surface area (Å²) in [6, 6.07) is 15.1. The van der Waals surface area contributed by atoms with Gasteiger partial charge in [-0.3, -0.25) is 0 Å². The lowest BCUT2D eigenvalue weighted by atomic mass is 10.1. The van der Waals surface area contributed by atoms with Gasteiger partial charge >= 0.3 is 0 Å². The Balaban J connectivity index is 1.80. The summed E-state index contributed by atoms with van der Waals surface area (Å²) in [5, 5.41) is 3.09. The Bertz CT molecular complexity index is 603. The molecule has 98 valence electrons. The Morgan fingerprint density at radius 2 is 1.63 bits per heavy atom. The molecule has 19 heavy (non-hydrogen) atoms. The largest absolute Gasteiger partial charge is 0.376 e. The lowest BCUT2D eigenvalue weighted by Crippen LogP contribution is -2.50. The minimum atomic E-state index is 0.512. The van der Waals surface area contributed by atoms with Gasteiger partial charge in [0.15, 0.2) is 5.11 Å². The third-order valence-corrected chi connectivity index (χ3v) is 3.95. The van der Waals surface area contributed by atoms with Crippen LogP contribution in [0.1, 0.15) is 0 Å². The monoisotopic (exact) mass is 271 g/mol. The Hall–Kier alpha value is -1.81. The predicted octanol–water partition coefficient (Wildman–Crippen LogP) is 2.21. The van der Waals surface area contributed by atoms with Crippen molar-refractivity contribution in [3.8, 4) is 0 Å². The van der Waals surface area contributed by atoms with Crippen LogP contribution in [-0.4, -0.2) is 36.2 Å². The van der Waals surface area contributed by atoms with Crippen molar-refractivity contribution >= 4 is 33.8 Å². The molecule has 0 aromatic heterocycles. The molecule has 2 aromatic carbocycles. The molecular weight excluding hydrogens is 254 g/mol. The Morgan fingerprint density at radius 1 is 0.947 bits per heavy atom. The Kier molecular flexibility index (Phi) is 3.25. The number of hydrogen-bond donors (Lipinski definition) is 1. The SMILES string of the molecule is NC(=S)N1CCN(c2ccc3ccccc3c2)CC1. The van der Waals surface area contributed by atoms with Crippen LogP contribution in [0.4, 0.5) is 5.69 Å². The second-order valence-electron chi connectivity index (χ2n) is 4.84. The molecule has 0 aliphatic carbocycles. The molecule has 1 aliphatic heterocycles. The molecule has 3 nitrogen and oxygen atoms in total. The van der Waals surface area contributed by atoms with E-state index in [-0.39, 0.29) is 0 Å². The third kappa shape index (κ3) is 2.49. The summed E-state index contributed by atoms with van der Waals surface area (Å²) in [5.74, 6) is 0. The second-order valence-corrected chi connectivity index (χ2v) is 5.26. The van der Waals surface area contributed by atoms with Crippen LogP contribution in [0.2, 0.25) is 0 Å². The number of thiocarbonyl (C=S) groups is 1. The van der Waals surface area contributed by atoms with Crippen molar-refractivity contribution in [1.82, 2.24) is 4.90 Å². The standard InChI is InChI=1S/C15H17N3S/c16-15(19)18-9-7-17(8-10-18)14-6-5-12-3-1-2-4-13(12)11-14/h1-6,11H,7-10H2,(H2,16,19). The fourth-order valence-electron chi connectivity index (χ4n) is 2.56. The van der Waals surface area contributed by atoms with Crippen LogP contribution < -0.4 is 10.6 Å². The van der Waals surface area contributed by atoms with Crippen LogP contribution in [0.3, 0.4) is 0 Å². The molecule has 1 aliphatic rings. The number of benzene rings is 2. The fraction of sp³-hybridized carbons (Fsp3) is 0.267. The first-order chi connectivity index (χ1) is 9.24. The smallest absolute Gasteiger partial charge is 0.166 e. The van der Waals surface area contributed by atoms with Crippen LogP contribution in [0, 0.1) is 0 Å². The minimum absolute atomic E-state index is 0.512. The maximum Gasteiger partial charge on any atom is 0.166 e. The molecule has 0 unspecified atom stereocenters. The highest BCUT2D eigenvalue weighted by atomic mass is 32.1. The van der Waals surface area contributed by atoms with Gasteiger partial charge in [0.2, 0.25) is 0 Å². The quantitative estimate of drug-likeness (QED) is 0.806. The number of fused-ring (bicyclic) bond motifs is 1.